The molecule has 0 radical (unpaired) electrons. The van der Waals surface area contributed by atoms with Crippen LogP contribution < -0.4 is 16.0 Å². The SMILES string of the molecule is CCN[C@H](C)CNC(=O)C(NC(=O)c1c(F)cccc1F)C(C)C. The fourth-order valence-electron chi connectivity index (χ4n) is 2.25. The van der Waals surface area contributed by atoms with Gasteiger partial charge in [-0.2, -0.15) is 0 Å². The molecule has 24 heavy (non-hydrogen) atoms. The maximum Gasteiger partial charge on any atom is 0.257 e. The summed E-state index contributed by atoms with van der Waals surface area (Å²) in [7, 11) is 0. The van der Waals surface area contributed by atoms with Crippen LogP contribution in [0.15, 0.2) is 18.2 Å². The summed E-state index contributed by atoms with van der Waals surface area (Å²) in [4.78, 5) is 24.5. The van der Waals surface area contributed by atoms with Gasteiger partial charge in [-0.15, -0.1) is 0 Å². The second-order valence-electron chi connectivity index (χ2n) is 6.00. The highest BCUT2D eigenvalue weighted by molar-refractivity contribution is 5.98. The molecule has 5 nitrogen and oxygen atoms in total. The van der Waals surface area contributed by atoms with Crippen LogP contribution in [0, 0.1) is 17.6 Å². The van der Waals surface area contributed by atoms with Gasteiger partial charge in [0.25, 0.3) is 5.91 Å². The third-order valence-electron chi connectivity index (χ3n) is 3.56. The molecule has 1 aromatic rings. The summed E-state index contributed by atoms with van der Waals surface area (Å²) in [5.41, 5.74) is -0.683. The van der Waals surface area contributed by atoms with Gasteiger partial charge >= 0.3 is 0 Å². The Morgan fingerprint density at radius 1 is 1.12 bits per heavy atom. The predicted molar refractivity (Wildman–Crippen MR) is 88.6 cm³/mol. The Bertz CT molecular complexity index is 559. The van der Waals surface area contributed by atoms with E-state index in [1.54, 1.807) is 13.8 Å². The molecule has 134 valence electrons. The van der Waals surface area contributed by atoms with E-state index in [1.807, 2.05) is 13.8 Å². The van der Waals surface area contributed by atoms with E-state index in [2.05, 4.69) is 16.0 Å². The minimum Gasteiger partial charge on any atom is -0.353 e. The van der Waals surface area contributed by atoms with Crippen molar-refractivity contribution in [2.45, 2.75) is 39.8 Å². The van der Waals surface area contributed by atoms with E-state index in [1.165, 1.54) is 6.07 Å². The number of likely N-dealkylation sites (N-methyl/N-ethyl adjacent to an activating group) is 1. The van der Waals surface area contributed by atoms with Crippen LogP contribution in [-0.2, 0) is 4.79 Å². The van der Waals surface area contributed by atoms with Crippen LogP contribution in [0.1, 0.15) is 38.1 Å². The Kier molecular flexibility index (Phi) is 7.78. The Morgan fingerprint density at radius 2 is 1.71 bits per heavy atom. The molecule has 0 aliphatic heterocycles. The quantitative estimate of drug-likeness (QED) is 0.676. The Labute approximate surface area is 141 Å². The van der Waals surface area contributed by atoms with E-state index >= 15 is 0 Å². The van der Waals surface area contributed by atoms with Crippen LogP contribution in [-0.4, -0.2) is 37.0 Å². The molecule has 2 amide bonds. The molecule has 1 unspecified atom stereocenters. The van der Waals surface area contributed by atoms with Crippen LogP contribution >= 0.6 is 0 Å². The maximum absolute atomic E-state index is 13.7. The Balaban J connectivity index is 2.79. The third-order valence-corrected chi connectivity index (χ3v) is 3.56. The molecule has 0 heterocycles. The van der Waals surface area contributed by atoms with Crippen molar-refractivity contribution < 1.29 is 18.4 Å². The van der Waals surface area contributed by atoms with Crippen LogP contribution in [0.2, 0.25) is 0 Å². The maximum atomic E-state index is 13.7. The minimum atomic E-state index is -0.962. The van der Waals surface area contributed by atoms with Gasteiger partial charge in [0.05, 0.1) is 0 Å². The molecule has 0 aromatic heterocycles. The first kappa shape index (κ1) is 20.0. The van der Waals surface area contributed by atoms with Gasteiger partial charge in [-0.25, -0.2) is 8.78 Å². The van der Waals surface area contributed by atoms with Crippen LogP contribution in [0.4, 0.5) is 8.78 Å². The largest absolute Gasteiger partial charge is 0.353 e. The average Bonchev–Trinajstić information content (AvgIpc) is 2.50. The first-order valence-electron chi connectivity index (χ1n) is 8.03. The lowest BCUT2D eigenvalue weighted by Gasteiger charge is -2.23. The van der Waals surface area contributed by atoms with Crippen molar-refractivity contribution in [3.8, 4) is 0 Å². The predicted octanol–water partition coefficient (Wildman–Crippen LogP) is 1.83. The van der Waals surface area contributed by atoms with Crippen molar-refractivity contribution in [2.24, 2.45) is 5.92 Å². The lowest BCUT2D eigenvalue weighted by Crippen LogP contribution is -2.52. The summed E-state index contributed by atoms with van der Waals surface area (Å²) in [6, 6.07) is 2.37. The Hall–Kier alpha value is -2.02. The zero-order valence-electron chi connectivity index (χ0n) is 14.5. The minimum absolute atomic E-state index is 0.0754. The van der Waals surface area contributed by atoms with Gasteiger partial charge in [0, 0.05) is 12.6 Å². The second kappa shape index (κ2) is 9.32. The van der Waals surface area contributed by atoms with Crippen LogP contribution in [0.3, 0.4) is 0 Å². The molecule has 0 bridgehead atoms. The highest BCUT2D eigenvalue weighted by Gasteiger charge is 2.27. The fourth-order valence-corrected chi connectivity index (χ4v) is 2.25. The van der Waals surface area contributed by atoms with E-state index in [4.69, 9.17) is 0 Å². The molecule has 0 aliphatic rings. The summed E-state index contributed by atoms with van der Waals surface area (Å²) >= 11 is 0. The van der Waals surface area contributed by atoms with Crippen molar-refractivity contribution >= 4 is 11.8 Å². The molecule has 0 aliphatic carbocycles. The molecule has 7 heteroatoms. The zero-order chi connectivity index (χ0) is 18.3. The monoisotopic (exact) mass is 341 g/mol. The third kappa shape index (κ3) is 5.56. The van der Waals surface area contributed by atoms with Crippen molar-refractivity contribution in [2.75, 3.05) is 13.1 Å². The van der Waals surface area contributed by atoms with Gasteiger partial charge in [0.2, 0.25) is 5.91 Å². The number of rotatable bonds is 8. The van der Waals surface area contributed by atoms with E-state index in [-0.39, 0.29) is 17.9 Å². The molecular formula is C17H25F2N3O2. The molecule has 0 spiro atoms. The number of carbonyl (C=O) groups excluding carboxylic acids is 2. The molecule has 3 N–H and O–H groups in total. The van der Waals surface area contributed by atoms with Crippen LogP contribution in [0.5, 0.6) is 0 Å². The first-order chi connectivity index (χ1) is 11.3. The molecule has 1 rings (SSSR count). The van der Waals surface area contributed by atoms with Crippen molar-refractivity contribution in [1.82, 2.24) is 16.0 Å². The smallest absolute Gasteiger partial charge is 0.257 e. The van der Waals surface area contributed by atoms with Gasteiger partial charge in [-0.05, 0) is 31.5 Å². The number of hydrogen-bond donors (Lipinski definition) is 3. The Morgan fingerprint density at radius 3 is 2.21 bits per heavy atom. The van der Waals surface area contributed by atoms with E-state index < -0.39 is 29.1 Å². The molecule has 0 fully saturated rings. The van der Waals surface area contributed by atoms with Gasteiger partial charge in [-0.1, -0.05) is 26.8 Å². The highest BCUT2D eigenvalue weighted by Crippen LogP contribution is 2.13. The van der Waals surface area contributed by atoms with Gasteiger partial charge in [0.1, 0.15) is 23.2 Å². The second-order valence-corrected chi connectivity index (χ2v) is 6.00. The lowest BCUT2D eigenvalue weighted by molar-refractivity contribution is -0.124. The van der Waals surface area contributed by atoms with Gasteiger partial charge < -0.3 is 16.0 Å². The molecule has 1 aromatic carbocycles. The number of carbonyl (C=O) groups is 2. The van der Waals surface area contributed by atoms with Crippen molar-refractivity contribution in [1.29, 1.82) is 0 Å². The van der Waals surface area contributed by atoms with Gasteiger partial charge in [0.15, 0.2) is 0 Å². The normalized spacial score (nSPS) is 13.5. The van der Waals surface area contributed by atoms with Crippen molar-refractivity contribution in [3.05, 3.63) is 35.4 Å². The molecule has 2 atom stereocenters. The van der Waals surface area contributed by atoms with Crippen molar-refractivity contribution in [3.63, 3.8) is 0 Å². The van der Waals surface area contributed by atoms with E-state index in [0.29, 0.717) is 6.54 Å². The average molecular weight is 341 g/mol. The number of amides is 2. The summed E-state index contributed by atoms with van der Waals surface area (Å²) in [5, 5.41) is 8.30. The molecule has 0 saturated carbocycles. The zero-order valence-corrected chi connectivity index (χ0v) is 14.5. The van der Waals surface area contributed by atoms with Crippen LogP contribution in [0.25, 0.3) is 0 Å². The van der Waals surface area contributed by atoms with E-state index in [9.17, 15) is 18.4 Å². The number of hydrogen-bond acceptors (Lipinski definition) is 3. The standard InChI is InChI=1S/C17H25F2N3O2/c1-5-20-11(4)9-21-17(24)15(10(2)3)22-16(23)14-12(18)7-6-8-13(14)19/h6-8,10-11,15,20H,5,9H2,1-4H3,(H,21,24)(H,22,23)/t11-,15?/m1/s1. The number of benzene rings is 1. The number of halogens is 2. The van der Waals surface area contributed by atoms with E-state index in [0.717, 1.165) is 18.7 Å². The summed E-state index contributed by atoms with van der Waals surface area (Å²) in [5.74, 6) is -3.50. The summed E-state index contributed by atoms with van der Waals surface area (Å²) in [6.07, 6.45) is 0. The summed E-state index contributed by atoms with van der Waals surface area (Å²) in [6.45, 7) is 8.53. The number of nitrogens with one attached hydrogen (secondary N) is 3. The topological polar surface area (TPSA) is 70.2 Å². The lowest BCUT2D eigenvalue weighted by atomic mass is 10.0. The molecule has 0 saturated heterocycles. The first-order valence-corrected chi connectivity index (χ1v) is 8.03. The molecular weight excluding hydrogens is 316 g/mol. The highest BCUT2D eigenvalue weighted by atomic mass is 19.1. The fraction of sp³-hybridized carbons (Fsp3) is 0.529. The van der Waals surface area contributed by atoms with Gasteiger partial charge in [-0.3, -0.25) is 9.59 Å². The summed E-state index contributed by atoms with van der Waals surface area (Å²) < 4.78 is 27.4.